The Morgan fingerprint density at radius 3 is 2.55 bits per heavy atom. The van der Waals surface area contributed by atoms with E-state index in [1.165, 1.54) is 19.3 Å². The summed E-state index contributed by atoms with van der Waals surface area (Å²) in [5.74, 6) is 1.62. The molecule has 110 valence electrons. The van der Waals surface area contributed by atoms with Crippen molar-refractivity contribution in [3.05, 3.63) is 18.1 Å². The van der Waals surface area contributed by atoms with Crippen LogP contribution in [0.4, 0.5) is 5.82 Å². The van der Waals surface area contributed by atoms with E-state index in [1.54, 1.807) is 12.4 Å². The van der Waals surface area contributed by atoms with E-state index in [0.717, 1.165) is 24.8 Å². The van der Waals surface area contributed by atoms with Crippen molar-refractivity contribution in [3.8, 4) is 0 Å². The highest BCUT2D eigenvalue weighted by atomic mass is 15.2. The lowest BCUT2D eigenvalue weighted by Gasteiger charge is -2.29. The van der Waals surface area contributed by atoms with E-state index in [4.69, 9.17) is 11.1 Å². The Bertz CT molecular complexity index is 460. The van der Waals surface area contributed by atoms with Crippen molar-refractivity contribution in [2.24, 2.45) is 17.1 Å². The van der Waals surface area contributed by atoms with Crippen molar-refractivity contribution in [2.45, 2.75) is 40.0 Å². The van der Waals surface area contributed by atoms with Gasteiger partial charge in [0.25, 0.3) is 0 Å². The van der Waals surface area contributed by atoms with E-state index >= 15 is 0 Å². The monoisotopic (exact) mass is 275 g/mol. The predicted molar refractivity (Wildman–Crippen MR) is 82.1 cm³/mol. The maximum absolute atomic E-state index is 7.34. The van der Waals surface area contributed by atoms with E-state index in [0.29, 0.717) is 11.1 Å². The molecule has 0 spiro atoms. The van der Waals surface area contributed by atoms with Crippen LogP contribution in [-0.4, -0.2) is 28.9 Å². The summed E-state index contributed by atoms with van der Waals surface area (Å²) in [4.78, 5) is 10.9. The van der Waals surface area contributed by atoms with Gasteiger partial charge < -0.3 is 10.6 Å². The van der Waals surface area contributed by atoms with Gasteiger partial charge in [0, 0.05) is 13.1 Å². The summed E-state index contributed by atoms with van der Waals surface area (Å²) in [6, 6.07) is 0. The van der Waals surface area contributed by atoms with Gasteiger partial charge in [0.15, 0.2) is 0 Å². The Hall–Kier alpha value is -1.65. The second-order valence-corrected chi connectivity index (χ2v) is 6.65. The van der Waals surface area contributed by atoms with Crippen LogP contribution in [-0.2, 0) is 0 Å². The molecule has 20 heavy (non-hydrogen) atoms. The third-order valence-corrected chi connectivity index (χ3v) is 4.19. The molecule has 2 heterocycles. The minimum absolute atomic E-state index is 0.0345. The van der Waals surface area contributed by atoms with Crippen molar-refractivity contribution in [1.82, 2.24) is 9.97 Å². The van der Waals surface area contributed by atoms with E-state index in [2.05, 4.69) is 35.6 Å². The van der Waals surface area contributed by atoms with Gasteiger partial charge >= 0.3 is 0 Å². The largest absolute Gasteiger partial charge is 0.382 e. The van der Waals surface area contributed by atoms with Gasteiger partial charge in [-0.1, -0.05) is 20.8 Å². The van der Waals surface area contributed by atoms with E-state index in [1.807, 2.05) is 0 Å². The maximum Gasteiger partial charge on any atom is 0.147 e. The molecule has 2 rings (SSSR count). The summed E-state index contributed by atoms with van der Waals surface area (Å²) < 4.78 is 0. The maximum atomic E-state index is 7.34. The van der Waals surface area contributed by atoms with Crippen molar-refractivity contribution in [1.29, 1.82) is 5.41 Å². The highest BCUT2D eigenvalue weighted by Gasteiger charge is 2.27. The van der Waals surface area contributed by atoms with Gasteiger partial charge in [0.1, 0.15) is 17.3 Å². The summed E-state index contributed by atoms with van der Waals surface area (Å²) in [7, 11) is 0. The average Bonchev–Trinajstić information content (AvgIpc) is 2.64. The zero-order valence-electron chi connectivity index (χ0n) is 12.7. The third kappa shape index (κ3) is 3.46. The van der Waals surface area contributed by atoms with Gasteiger partial charge in [-0.05, 0) is 30.6 Å². The topological polar surface area (TPSA) is 78.9 Å². The van der Waals surface area contributed by atoms with Gasteiger partial charge in [0.2, 0.25) is 0 Å². The molecule has 0 aliphatic carbocycles. The molecule has 1 unspecified atom stereocenters. The summed E-state index contributed by atoms with van der Waals surface area (Å²) in [5.41, 5.74) is 6.22. The third-order valence-electron chi connectivity index (χ3n) is 4.19. The molecule has 0 bridgehead atoms. The number of amidine groups is 1. The molecule has 0 saturated carbocycles. The molecule has 1 fully saturated rings. The van der Waals surface area contributed by atoms with Crippen molar-refractivity contribution in [3.63, 3.8) is 0 Å². The summed E-state index contributed by atoms with van der Waals surface area (Å²) in [6.45, 7) is 9.04. The van der Waals surface area contributed by atoms with Crippen LogP contribution in [0, 0.1) is 16.7 Å². The second-order valence-electron chi connectivity index (χ2n) is 6.65. The number of aromatic nitrogens is 2. The lowest BCUT2D eigenvalue weighted by Crippen LogP contribution is -2.27. The van der Waals surface area contributed by atoms with Crippen molar-refractivity contribution < 1.29 is 0 Å². The molecule has 5 nitrogen and oxygen atoms in total. The van der Waals surface area contributed by atoms with Gasteiger partial charge in [-0.15, -0.1) is 0 Å². The molecular weight excluding hydrogens is 250 g/mol. The van der Waals surface area contributed by atoms with Gasteiger partial charge in [-0.3, -0.25) is 5.41 Å². The molecule has 0 radical (unpaired) electrons. The van der Waals surface area contributed by atoms with Crippen LogP contribution in [0.5, 0.6) is 0 Å². The number of nitrogens with zero attached hydrogens (tertiary/aromatic N) is 3. The minimum atomic E-state index is -0.0345. The fraction of sp³-hybridized carbons (Fsp3) is 0.667. The van der Waals surface area contributed by atoms with E-state index in [-0.39, 0.29) is 5.84 Å². The normalized spacial score (nSPS) is 20.6. The Morgan fingerprint density at radius 2 is 2.00 bits per heavy atom. The Balaban J connectivity index is 2.05. The van der Waals surface area contributed by atoms with Crippen LogP contribution in [0.1, 0.15) is 45.7 Å². The first-order valence-corrected chi connectivity index (χ1v) is 7.29. The number of rotatable bonds is 2. The molecule has 0 aromatic carbocycles. The Morgan fingerprint density at radius 1 is 1.25 bits per heavy atom. The first kappa shape index (κ1) is 14.8. The number of nitrogen functional groups attached to an aromatic ring is 1. The van der Waals surface area contributed by atoms with Gasteiger partial charge in [-0.2, -0.15) is 0 Å². The quantitative estimate of drug-likeness (QED) is 0.641. The summed E-state index contributed by atoms with van der Waals surface area (Å²) in [5, 5.41) is 7.34. The zero-order valence-corrected chi connectivity index (χ0v) is 12.7. The molecule has 1 aliphatic rings. The summed E-state index contributed by atoms with van der Waals surface area (Å²) in [6.07, 6.45) is 6.98. The lowest BCUT2D eigenvalue weighted by molar-refractivity contribution is 0.220. The fourth-order valence-corrected chi connectivity index (χ4v) is 2.82. The van der Waals surface area contributed by atoms with Crippen LogP contribution in [0.3, 0.4) is 0 Å². The van der Waals surface area contributed by atoms with E-state index < -0.39 is 0 Å². The van der Waals surface area contributed by atoms with Crippen molar-refractivity contribution in [2.75, 3.05) is 18.0 Å². The molecule has 5 heteroatoms. The minimum Gasteiger partial charge on any atom is -0.382 e. The van der Waals surface area contributed by atoms with E-state index in [9.17, 15) is 0 Å². The predicted octanol–water partition coefficient (Wildman–Crippen LogP) is 2.41. The summed E-state index contributed by atoms with van der Waals surface area (Å²) >= 11 is 0. The number of nitrogens with one attached hydrogen (secondary N) is 1. The molecule has 1 aromatic rings. The average molecular weight is 275 g/mol. The number of anilines is 1. The fourth-order valence-electron chi connectivity index (χ4n) is 2.82. The Labute approximate surface area is 121 Å². The smallest absolute Gasteiger partial charge is 0.147 e. The van der Waals surface area contributed by atoms with Crippen LogP contribution < -0.4 is 10.6 Å². The Kier molecular flexibility index (Phi) is 4.26. The highest BCUT2D eigenvalue weighted by molar-refractivity contribution is 5.92. The number of nitrogens with two attached hydrogens (primary N) is 1. The molecule has 3 N–H and O–H groups in total. The molecule has 1 aromatic heterocycles. The zero-order chi connectivity index (χ0) is 14.8. The van der Waals surface area contributed by atoms with Crippen LogP contribution in [0.25, 0.3) is 0 Å². The SMILES string of the molecule is CC(C)(C)C1CCCN(c2cnc(C(=N)N)cn2)CC1. The number of hydrogen-bond acceptors (Lipinski definition) is 4. The molecular formula is C15H25N5. The first-order chi connectivity index (χ1) is 9.38. The lowest BCUT2D eigenvalue weighted by atomic mass is 9.77. The molecule has 1 atom stereocenters. The first-order valence-electron chi connectivity index (χ1n) is 7.29. The highest BCUT2D eigenvalue weighted by Crippen LogP contribution is 2.34. The van der Waals surface area contributed by atoms with Crippen LogP contribution in [0.15, 0.2) is 12.4 Å². The second kappa shape index (κ2) is 5.77. The molecule has 1 aliphatic heterocycles. The number of hydrogen-bond donors (Lipinski definition) is 2. The van der Waals surface area contributed by atoms with Crippen molar-refractivity contribution >= 4 is 11.7 Å². The molecule has 1 saturated heterocycles. The van der Waals surface area contributed by atoms with Gasteiger partial charge in [-0.25, -0.2) is 9.97 Å². The van der Waals surface area contributed by atoms with Crippen LogP contribution in [0.2, 0.25) is 0 Å². The molecule has 0 amide bonds. The van der Waals surface area contributed by atoms with Crippen LogP contribution >= 0.6 is 0 Å². The van der Waals surface area contributed by atoms with Gasteiger partial charge in [0.05, 0.1) is 12.4 Å². The standard InChI is InChI=1S/C15H25N5/c1-15(2,3)11-5-4-7-20(8-6-11)13-10-18-12(9-19-13)14(16)17/h9-11H,4-8H2,1-3H3,(H3,16,17).